The Kier molecular flexibility index (Phi) is 1.86. The Morgan fingerprint density at radius 2 is 2.38 bits per heavy atom. The fraction of sp³-hybridized carbons (Fsp3) is 1.00. The molecule has 1 heterocycles. The Bertz CT molecular complexity index is 64.9. The molecule has 0 saturated carbocycles. The molecule has 1 rings (SSSR count). The predicted molar refractivity (Wildman–Crippen MR) is 30.8 cm³/mol. The number of epoxide rings is 1. The zero-order valence-electron chi connectivity index (χ0n) is 5.39. The second-order valence-corrected chi connectivity index (χ2v) is 2.34. The number of hydrogen-bond acceptors (Lipinski definition) is 2. The van der Waals surface area contributed by atoms with Crippen LogP contribution in [0.3, 0.4) is 0 Å². The van der Waals surface area contributed by atoms with Gasteiger partial charge in [-0.05, 0) is 13.8 Å². The monoisotopic (exact) mass is 116 g/mol. The molecule has 0 N–H and O–H groups in total. The van der Waals surface area contributed by atoms with E-state index in [0.29, 0.717) is 12.2 Å². The lowest BCUT2D eigenvalue weighted by Gasteiger charge is -2.02. The highest BCUT2D eigenvalue weighted by atomic mass is 16.6. The van der Waals surface area contributed by atoms with Crippen molar-refractivity contribution in [3.8, 4) is 0 Å². The summed E-state index contributed by atoms with van der Waals surface area (Å²) in [6.07, 6.45) is 0.761. The molecule has 0 aromatic rings. The molecule has 0 aliphatic carbocycles. The molecular formula is C6H12O2. The van der Waals surface area contributed by atoms with E-state index >= 15 is 0 Å². The van der Waals surface area contributed by atoms with Gasteiger partial charge >= 0.3 is 0 Å². The number of ether oxygens (including phenoxy) is 2. The van der Waals surface area contributed by atoms with Crippen LogP contribution in [0.15, 0.2) is 0 Å². The minimum atomic E-state index is 0.346. The van der Waals surface area contributed by atoms with E-state index in [1.165, 1.54) is 0 Å². The topological polar surface area (TPSA) is 21.8 Å². The van der Waals surface area contributed by atoms with Gasteiger partial charge in [0.05, 0.1) is 19.3 Å². The summed E-state index contributed by atoms with van der Waals surface area (Å²) in [6.45, 7) is 5.73. The maximum Gasteiger partial charge on any atom is 0.104 e. The van der Waals surface area contributed by atoms with E-state index < -0.39 is 0 Å². The summed E-state index contributed by atoms with van der Waals surface area (Å²) < 4.78 is 10.2. The van der Waals surface area contributed by atoms with Crippen LogP contribution in [0.25, 0.3) is 0 Å². The van der Waals surface area contributed by atoms with Gasteiger partial charge in [-0.1, -0.05) is 0 Å². The molecule has 2 heteroatoms. The molecule has 1 aliphatic rings. The highest BCUT2D eigenvalue weighted by molar-refractivity contribution is 4.67. The van der Waals surface area contributed by atoms with Crippen LogP contribution >= 0.6 is 0 Å². The van der Waals surface area contributed by atoms with Gasteiger partial charge in [-0.3, -0.25) is 0 Å². The average Bonchev–Trinajstić information content (AvgIpc) is 2.41. The molecular weight excluding hydrogens is 104 g/mol. The van der Waals surface area contributed by atoms with E-state index in [1.54, 1.807) is 0 Å². The second kappa shape index (κ2) is 2.46. The van der Waals surface area contributed by atoms with E-state index in [9.17, 15) is 0 Å². The van der Waals surface area contributed by atoms with E-state index in [1.807, 2.05) is 13.8 Å². The van der Waals surface area contributed by atoms with Crippen LogP contribution in [0, 0.1) is 0 Å². The van der Waals surface area contributed by atoms with Crippen LogP contribution < -0.4 is 0 Å². The smallest absolute Gasteiger partial charge is 0.104 e. The lowest BCUT2D eigenvalue weighted by atomic mass is 10.4. The molecule has 1 fully saturated rings. The molecule has 0 radical (unpaired) electrons. The first-order valence-corrected chi connectivity index (χ1v) is 3.02. The third kappa shape index (κ3) is 2.28. The van der Waals surface area contributed by atoms with Crippen molar-refractivity contribution in [2.45, 2.75) is 26.1 Å². The molecule has 1 saturated heterocycles. The van der Waals surface area contributed by atoms with Crippen molar-refractivity contribution in [1.82, 2.24) is 0 Å². The standard InChI is InChI=1S/C6H12O2/c1-5(2)7-3-6-4-8-6/h5-6H,3-4H2,1-2H3/t6-/m1/s1. The lowest BCUT2D eigenvalue weighted by molar-refractivity contribution is 0.0662. The van der Waals surface area contributed by atoms with Crippen molar-refractivity contribution >= 4 is 0 Å². The largest absolute Gasteiger partial charge is 0.376 e. The van der Waals surface area contributed by atoms with Crippen molar-refractivity contribution in [2.75, 3.05) is 13.2 Å². The molecule has 8 heavy (non-hydrogen) atoms. The fourth-order valence-electron chi connectivity index (χ4n) is 0.464. The highest BCUT2D eigenvalue weighted by Crippen LogP contribution is 2.09. The molecule has 48 valence electrons. The van der Waals surface area contributed by atoms with Crippen LogP contribution in [0.2, 0.25) is 0 Å². The summed E-state index contributed by atoms with van der Waals surface area (Å²) in [7, 11) is 0. The lowest BCUT2D eigenvalue weighted by Crippen LogP contribution is -2.07. The SMILES string of the molecule is CC(C)OC[C@@H]1CO1. The van der Waals surface area contributed by atoms with Crippen molar-refractivity contribution < 1.29 is 9.47 Å². The van der Waals surface area contributed by atoms with Gasteiger partial charge in [-0.2, -0.15) is 0 Å². The molecule has 0 aromatic heterocycles. The van der Waals surface area contributed by atoms with Crippen LogP contribution in [-0.4, -0.2) is 25.4 Å². The Balaban J connectivity index is 1.87. The van der Waals surface area contributed by atoms with Gasteiger partial charge in [0.25, 0.3) is 0 Å². The summed E-state index contributed by atoms with van der Waals surface area (Å²) in [5.41, 5.74) is 0. The maximum absolute atomic E-state index is 5.24. The van der Waals surface area contributed by atoms with E-state index in [-0.39, 0.29) is 0 Å². The maximum atomic E-state index is 5.24. The number of rotatable bonds is 3. The quantitative estimate of drug-likeness (QED) is 0.509. The average molecular weight is 116 g/mol. The Hall–Kier alpha value is -0.0800. The van der Waals surface area contributed by atoms with Crippen molar-refractivity contribution in [2.24, 2.45) is 0 Å². The zero-order chi connectivity index (χ0) is 5.98. The molecule has 0 aromatic carbocycles. The van der Waals surface area contributed by atoms with Crippen LogP contribution in [0.5, 0.6) is 0 Å². The molecule has 0 bridgehead atoms. The predicted octanol–water partition coefficient (Wildman–Crippen LogP) is 0.810. The first-order chi connectivity index (χ1) is 3.79. The van der Waals surface area contributed by atoms with Crippen molar-refractivity contribution in [3.05, 3.63) is 0 Å². The summed E-state index contributed by atoms with van der Waals surface area (Å²) in [5.74, 6) is 0. The van der Waals surface area contributed by atoms with Gasteiger partial charge < -0.3 is 9.47 Å². The molecule has 2 nitrogen and oxygen atoms in total. The van der Waals surface area contributed by atoms with Crippen LogP contribution in [0.4, 0.5) is 0 Å². The summed E-state index contributed by atoms with van der Waals surface area (Å²) in [4.78, 5) is 0. The third-order valence-electron chi connectivity index (χ3n) is 1.02. The van der Waals surface area contributed by atoms with Crippen molar-refractivity contribution in [3.63, 3.8) is 0 Å². The Morgan fingerprint density at radius 1 is 1.75 bits per heavy atom. The Labute approximate surface area is 49.8 Å². The van der Waals surface area contributed by atoms with Gasteiger partial charge in [-0.15, -0.1) is 0 Å². The van der Waals surface area contributed by atoms with E-state index in [2.05, 4.69) is 0 Å². The normalized spacial score (nSPS) is 26.6. The summed E-state index contributed by atoms with van der Waals surface area (Å²) in [5, 5.41) is 0. The summed E-state index contributed by atoms with van der Waals surface area (Å²) in [6, 6.07) is 0. The van der Waals surface area contributed by atoms with Crippen molar-refractivity contribution in [1.29, 1.82) is 0 Å². The third-order valence-corrected chi connectivity index (χ3v) is 1.02. The molecule has 0 unspecified atom stereocenters. The van der Waals surface area contributed by atoms with Crippen LogP contribution in [0.1, 0.15) is 13.8 Å². The van der Waals surface area contributed by atoms with Gasteiger partial charge in [0.15, 0.2) is 0 Å². The molecule has 1 aliphatic heterocycles. The van der Waals surface area contributed by atoms with Gasteiger partial charge in [-0.25, -0.2) is 0 Å². The zero-order valence-corrected chi connectivity index (χ0v) is 5.39. The molecule has 0 amide bonds. The molecule has 0 spiro atoms. The summed E-state index contributed by atoms with van der Waals surface area (Å²) >= 11 is 0. The van der Waals surface area contributed by atoms with Crippen LogP contribution in [-0.2, 0) is 9.47 Å². The number of hydrogen-bond donors (Lipinski definition) is 0. The first-order valence-electron chi connectivity index (χ1n) is 3.02. The fourth-order valence-corrected chi connectivity index (χ4v) is 0.464. The molecule has 1 atom stereocenters. The van der Waals surface area contributed by atoms with Gasteiger partial charge in [0.2, 0.25) is 0 Å². The van der Waals surface area contributed by atoms with E-state index in [0.717, 1.165) is 13.2 Å². The highest BCUT2D eigenvalue weighted by Gasteiger charge is 2.22. The minimum Gasteiger partial charge on any atom is -0.376 e. The first kappa shape index (κ1) is 6.05. The minimum absolute atomic E-state index is 0.346. The van der Waals surface area contributed by atoms with Gasteiger partial charge in [0, 0.05) is 0 Å². The van der Waals surface area contributed by atoms with Gasteiger partial charge in [0.1, 0.15) is 6.10 Å². The second-order valence-electron chi connectivity index (χ2n) is 2.34. The Morgan fingerprint density at radius 3 is 2.75 bits per heavy atom. The van der Waals surface area contributed by atoms with E-state index in [4.69, 9.17) is 9.47 Å².